The summed E-state index contributed by atoms with van der Waals surface area (Å²) < 4.78 is 11.5. The Morgan fingerprint density at radius 2 is 2.00 bits per heavy atom. The third-order valence-corrected chi connectivity index (χ3v) is 6.62. The highest BCUT2D eigenvalue weighted by molar-refractivity contribution is 14.0. The van der Waals surface area contributed by atoms with Gasteiger partial charge in [0, 0.05) is 51.4 Å². The van der Waals surface area contributed by atoms with Crippen LogP contribution >= 0.6 is 24.0 Å². The van der Waals surface area contributed by atoms with Gasteiger partial charge in [-0.1, -0.05) is 6.42 Å². The highest BCUT2D eigenvalue weighted by Gasteiger charge is 2.59. The van der Waals surface area contributed by atoms with Crippen LogP contribution in [0.3, 0.4) is 0 Å². The van der Waals surface area contributed by atoms with Crippen LogP contribution in [-0.2, 0) is 9.47 Å². The summed E-state index contributed by atoms with van der Waals surface area (Å²) in [6.07, 6.45) is 9.21. The van der Waals surface area contributed by atoms with E-state index in [4.69, 9.17) is 14.5 Å². The quantitative estimate of drug-likeness (QED) is 0.344. The van der Waals surface area contributed by atoms with Gasteiger partial charge in [0.05, 0.1) is 6.10 Å². The number of nitrogens with zero attached hydrogens (tertiary/aromatic N) is 2. The zero-order valence-corrected chi connectivity index (χ0v) is 19.2. The highest BCUT2D eigenvalue weighted by Crippen LogP contribution is 2.57. The maximum Gasteiger partial charge on any atom is 0.193 e. The van der Waals surface area contributed by atoms with Crippen molar-refractivity contribution in [1.29, 1.82) is 0 Å². The van der Waals surface area contributed by atoms with Gasteiger partial charge in [-0.05, 0) is 58.3 Å². The van der Waals surface area contributed by atoms with Crippen LogP contribution in [0.15, 0.2) is 4.99 Å². The van der Waals surface area contributed by atoms with E-state index in [2.05, 4.69) is 31.1 Å². The summed E-state index contributed by atoms with van der Waals surface area (Å²) in [6, 6.07) is 0.536. The Balaban J connectivity index is 0.00000243. The average molecular weight is 479 g/mol. The van der Waals surface area contributed by atoms with Crippen LogP contribution in [-0.4, -0.2) is 63.0 Å². The molecule has 152 valence electrons. The number of ether oxygens (including phenoxy) is 2. The monoisotopic (exact) mass is 479 g/mol. The molecule has 1 spiro atoms. The number of hydrogen-bond acceptors (Lipinski definition) is 3. The number of aliphatic imine (C=N–C) groups is 1. The van der Waals surface area contributed by atoms with E-state index in [1.54, 1.807) is 0 Å². The summed E-state index contributed by atoms with van der Waals surface area (Å²) in [5.41, 5.74) is 0.381. The molecule has 1 heterocycles. The molecule has 1 aliphatic heterocycles. The van der Waals surface area contributed by atoms with Gasteiger partial charge in [-0.15, -0.1) is 24.0 Å². The normalized spacial score (nSPS) is 28.0. The number of halogens is 1. The summed E-state index contributed by atoms with van der Waals surface area (Å²) >= 11 is 0. The van der Waals surface area contributed by atoms with Gasteiger partial charge < -0.3 is 19.7 Å². The second-order valence-corrected chi connectivity index (χ2v) is 8.03. The lowest BCUT2D eigenvalue weighted by Gasteiger charge is -2.61. The molecule has 3 fully saturated rings. The Morgan fingerprint density at radius 1 is 1.27 bits per heavy atom. The van der Waals surface area contributed by atoms with Gasteiger partial charge in [-0.3, -0.25) is 4.99 Å². The first-order chi connectivity index (χ1) is 12.2. The van der Waals surface area contributed by atoms with Gasteiger partial charge in [-0.2, -0.15) is 0 Å². The Morgan fingerprint density at radius 3 is 2.58 bits per heavy atom. The van der Waals surface area contributed by atoms with E-state index in [1.807, 2.05) is 0 Å². The lowest BCUT2D eigenvalue weighted by Crippen LogP contribution is -2.68. The van der Waals surface area contributed by atoms with Crippen molar-refractivity contribution in [1.82, 2.24) is 10.2 Å². The predicted molar refractivity (Wildman–Crippen MR) is 117 cm³/mol. The van der Waals surface area contributed by atoms with Gasteiger partial charge in [0.2, 0.25) is 0 Å². The molecule has 3 aliphatic rings. The molecule has 1 saturated heterocycles. The smallest absolute Gasteiger partial charge is 0.193 e. The van der Waals surface area contributed by atoms with Gasteiger partial charge in [0.1, 0.15) is 0 Å². The molecule has 5 nitrogen and oxygen atoms in total. The summed E-state index contributed by atoms with van der Waals surface area (Å²) in [4.78, 5) is 7.10. The molecular formula is C20H38IN3O2. The van der Waals surface area contributed by atoms with E-state index < -0.39 is 0 Å². The van der Waals surface area contributed by atoms with Crippen LogP contribution in [0.5, 0.6) is 0 Å². The van der Waals surface area contributed by atoms with E-state index >= 15 is 0 Å². The van der Waals surface area contributed by atoms with Gasteiger partial charge >= 0.3 is 0 Å². The summed E-state index contributed by atoms with van der Waals surface area (Å²) in [6.45, 7) is 8.85. The topological polar surface area (TPSA) is 46.1 Å². The molecule has 0 radical (unpaired) electrons. The Bertz CT molecular complexity index is 450. The Kier molecular flexibility index (Phi) is 8.94. The minimum absolute atomic E-state index is 0. The van der Waals surface area contributed by atoms with Crippen LogP contribution < -0.4 is 5.32 Å². The highest BCUT2D eigenvalue weighted by atomic mass is 127. The largest absolute Gasteiger partial charge is 0.381 e. The Hall–Kier alpha value is -0.0800. The first-order valence-corrected chi connectivity index (χ1v) is 10.4. The molecule has 0 aromatic carbocycles. The molecule has 0 aromatic heterocycles. The van der Waals surface area contributed by atoms with Crippen molar-refractivity contribution in [2.75, 3.05) is 40.0 Å². The number of guanidine groups is 1. The average Bonchev–Trinajstić information content (AvgIpc) is 2.57. The molecular weight excluding hydrogens is 441 g/mol. The fourth-order valence-electron chi connectivity index (χ4n) is 4.74. The first-order valence-electron chi connectivity index (χ1n) is 10.4. The predicted octanol–water partition coefficient (Wildman–Crippen LogP) is 3.67. The van der Waals surface area contributed by atoms with Crippen LogP contribution in [0.2, 0.25) is 0 Å². The zero-order chi connectivity index (χ0) is 17.7. The Labute approximate surface area is 176 Å². The van der Waals surface area contributed by atoms with E-state index in [0.29, 0.717) is 17.6 Å². The van der Waals surface area contributed by atoms with Crippen molar-refractivity contribution in [2.24, 2.45) is 16.3 Å². The third-order valence-electron chi connectivity index (χ3n) is 6.62. The molecule has 1 N–H and O–H groups in total. The zero-order valence-electron chi connectivity index (χ0n) is 16.8. The molecule has 0 bridgehead atoms. The lowest BCUT2D eigenvalue weighted by atomic mass is 9.51. The minimum Gasteiger partial charge on any atom is -0.381 e. The summed E-state index contributed by atoms with van der Waals surface area (Å²) in [5, 5.41) is 3.79. The van der Waals surface area contributed by atoms with Crippen LogP contribution in [0.1, 0.15) is 58.8 Å². The maximum absolute atomic E-state index is 5.99. The summed E-state index contributed by atoms with van der Waals surface area (Å²) in [7, 11) is 2.19. The molecule has 0 aromatic rings. The molecule has 2 saturated carbocycles. The SMILES string of the molecule is CCN=C(NC1CC(OCC)C12CCC2)N(C)CCC1CCOCC1.I. The summed E-state index contributed by atoms with van der Waals surface area (Å²) in [5.74, 6) is 1.89. The molecule has 3 rings (SSSR count). The van der Waals surface area contributed by atoms with Gasteiger partial charge in [0.25, 0.3) is 0 Å². The number of rotatable bonds is 7. The van der Waals surface area contributed by atoms with Gasteiger partial charge in [0.15, 0.2) is 5.96 Å². The van der Waals surface area contributed by atoms with E-state index in [-0.39, 0.29) is 24.0 Å². The van der Waals surface area contributed by atoms with Crippen LogP contribution in [0.25, 0.3) is 0 Å². The van der Waals surface area contributed by atoms with E-state index in [0.717, 1.165) is 51.2 Å². The van der Waals surface area contributed by atoms with Crippen molar-refractivity contribution in [3.8, 4) is 0 Å². The van der Waals surface area contributed by atoms with Crippen LogP contribution in [0, 0.1) is 11.3 Å². The molecule has 2 unspecified atom stereocenters. The van der Waals surface area contributed by atoms with Crippen molar-refractivity contribution in [2.45, 2.75) is 70.9 Å². The second kappa shape index (κ2) is 10.5. The molecule has 6 heteroatoms. The standard InChI is InChI=1S/C20H37N3O2.HI/c1-4-21-19(23(3)12-7-16-8-13-24-14-9-16)22-17-15-18(25-5-2)20(17)10-6-11-20;/h16-18H,4-15H2,1-3H3,(H,21,22);1H. The minimum atomic E-state index is 0. The molecule has 2 aliphatic carbocycles. The van der Waals surface area contributed by atoms with Crippen molar-refractivity contribution in [3.05, 3.63) is 0 Å². The fraction of sp³-hybridized carbons (Fsp3) is 0.950. The van der Waals surface area contributed by atoms with Crippen molar-refractivity contribution >= 4 is 29.9 Å². The fourth-order valence-corrected chi connectivity index (χ4v) is 4.74. The molecule has 2 atom stereocenters. The van der Waals surface area contributed by atoms with Gasteiger partial charge in [-0.25, -0.2) is 0 Å². The van der Waals surface area contributed by atoms with E-state index in [9.17, 15) is 0 Å². The lowest BCUT2D eigenvalue weighted by molar-refractivity contribution is -0.168. The van der Waals surface area contributed by atoms with Crippen molar-refractivity contribution in [3.63, 3.8) is 0 Å². The van der Waals surface area contributed by atoms with Crippen LogP contribution in [0.4, 0.5) is 0 Å². The second-order valence-electron chi connectivity index (χ2n) is 8.03. The van der Waals surface area contributed by atoms with E-state index in [1.165, 1.54) is 38.5 Å². The third kappa shape index (κ3) is 4.85. The maximum atomic E-state index is 5.99. The molecule has 26 heavy (non-hydrogen) atoms. The first kappa shape index (κ1) is 22.2. The number of hydrogen-bond donors (Lipinski definition) is 1. The number of nitrogens with one attached hydrogen (secondary N) is 1. The van der Waals surface area contributed by atoms with Crippen molar-refractivity contribution < 1.29 is 9.47 Å². The molecule has 0 amide bonds.